The van der Waals surface area contributed by atoms with E-state index in [4.69, 9.17) is 10.5 Å². The second kappa shape index (κ2) is 5.14. The van der Waals surface area contributed by atoms with E-state index >= 15 is 0 Å². The van der Waals surface area contributed by atoms with Crippen LogP contribution in [0.25, 0.3) is 16.3 Å². The smallest absolute Gasteiger partial charge is 0.235 e. The summed E-state index contributed by atoms with van der Waals surface area (Å²) in [6.07, 6.45) is 5.58. The molecule has 0 radical (unpaired) electrons. The molecular weight excluding hydrogens is 288 g/mol. The standard InChI is InChI=1S/C13H14N6OS/c14-6-9-3-4-10(20-9)12-18-19-11(16-17-13(19)21-12)8-2-1-5-15-7-8/h1-2,5,7,9-10H,3-4,6,14H2. The molecule has 21 heavy (non-hydrogen) atoms. The summed E-state index contributed by atoms with van der Waals surface area (Å²) < 4.78 is 7.65. The van der Waals surface area contributed by atoms with Gasteiger partial charge < -0.3 is 10.5 Å². The number of fused-ring (bicyclic) bond motifs is 1. The van der Waals surface area contributed by atoms with E-state index in [1.54, 1.807) is 16.9 Å². The third kappa shape index (κ3) is 2.21. The largest absolute Gasteiger partial charge is 0.366 e. The molecule has 2 unspecified atom stereocenters. The van der Waals surface area contributed by atoms with Gasteiger partial charge >= 0.3 is 0 Å². The number of pyridine rings is 1. The van der Waals surface area contributed by atoms with Gasteiger partial charge in [-0.1, -0.05) is 11.3 Å². The highest BCUT2D eigenvalue weighted by molar-refractivity contribution is 7.16. The molecule has 0 aromatic carbocycles. The van der Waals surface area contributed by atoms with E-state index in [1.165, 1.54) is 11.3 Å². The van der Waals surface area contributed by atoms with Gasteiger partial charge in [-0.25, -0.2) is 0 Å². The van der Waals surface area contributed by atoms with Crippen molar-refractivity contribution in [2.75, 3.05) is 6.54 Å². The first-order chi connectivity index (χ1) is 10.3. The van der Waals surface area contributed by atoms with Gasteiger partial charge in [-0.05, 0) is 25.0 Å². The van der Waals surface area contributed by atoms with Crippen molar-refractivity contribution in [3.05, 3.63) is 29.5 Å². The van der Waals surface area contributed by atoms with E-state index in [9.17, 15) is 0 Å². The summed E-state index contributed by atoms with van der Waals surface area (Å²) >= 11 is 1.51. The average molecular weight is 302 g/mol. The van der Waals surface area contributed by atoms with E-state index in [0.717, 1.165) is 28.4 Å². The first-order valence-corrected chi connectivity index (χ1v) is 7.65. The van der Waals surface area contributed by atoms with Gasteiger partial charge in [-0.2, -0.15) is 9.61 Å². The molecule has 2 N–H and O–H groups in total. The van der Waals surface area contributed by atoms with Crippen molar-refractivity contribution in [1.29, 1.82) is 0 Å². The number of nitrogens with two attached hydrogens (primary N) is 1. The van der Waals surface area contributed by atoms with Crippen LogP contribution < -0.4 is 5.73 Å². The lowest BCUT2D eigenvalue weighted by molar-refractivity contribution is 0.0492. The van der Waals surface area contributed by atoms with Crippen LogP contribution in [0.1, 0.15) is 24.0 Å². The normalized spacial score (nSPS) is 22.1. The van der Waals surface area contributed by atoms with Crippen molar-refractivity contribution in [2.45, 2.75) is 25.0 Å². The van der Waals surface area contributed by atoms with Gasteiger partial charge in [0.05, 0.1) is 6.10 Å². The van der Waals surface area contributed by atoms with Gasteiger partial charge in [-0.3, -0.25) is 4.98 Å². The van der Waals surface area contributed by atoms with Gasteiger partial charge in [0.1, 0.15) is 11.1 Å². The Kier molecular flexibility index (Phi) is 3.13. The second-order valence-corrected chi connectivity index (χ2v) is 5.95. The summed E-state index contributed by atoms with van der Waals surface area (Å²) in [5.41, 5.74) is 6.55. The van der Waals surface area contributed by atoms with Crippen LogP contribution in [0, 0.1) is 0 Å². The summed E-state index contributed by atoms with van der Waals surface area (Å²) in [5.74, 6) is 0.703. The summed E-state index contributed by atoms with van der Waals surface area (Å²) in [6.45, 7) is 0.557. The molecule has 4 rings (SSSR count). The lowest BCUT2D eigenvalue weighted by Gasteiger charge is -2.08. The van der Waals surface area contributed by atoms with E-state index < -0.39 is 0 Å². The predicted molar refractivity (Wildman–Crippen MR) is 77.8 cm³/mol. The number of nitrogens with zero attached hydrogens (tertiary/aromatic N) is 5. The fourth-order valence-electron chi connectivity index (χ4n) is 2.50. The van der Waals surface area contributed by atoms with Crippen molar-refractivity contribution in [2.24, 2.45) is 5.73 Å². The van der Waals surface area contributed by atoms with Crippen LogP contribution in [0.3, 0.4) is 0 Å². The Hall–Kier alpha value is -1.90. The maximum atomic E-state index is 5.89. The fraction of sp³-hybridized carbons (Fsp3) is 0.385. The molecule has 0 saturated carbocycles. The lowest BCUT2D eigenvalue weighted by Crippen LogP contribution is -2.18. The molecule has 4 heterocycles. The first-order valence-electron chi connectivity index (χ1n) is 6.83. The lowest BCUT2D eigenvalue weighted by atomic mass is 10.2. The topological polar surface area (TPSA) is 91.2 Å². The molecule has 2 atom stereocenters. The molecule has 0 bridgehead atoms. The first kappa shape index (κ1) is 12.8. The molecule has 3 aromatic heterocycles. The zero-order valence-electron chi connectivity index (χ0n) is 11.2. The molecule has 1 aliphatic heterocycles. The minimum atomic E-state index is 0.0204. The minimum Gasteiger partial charge on any atom is -0.366 e. The van der Waals surface area contributed by atoms with Crippen LogP contribution in [0.2, 0.25) is 0 Å². The number of aromatic nitrogens is 5. The van der Waals surface area contributed by atoms with Crippen LogP contribution in [-0.4, -0.2) is 37.4 Å². The van der Waals surface area contributed by atoms with Crippen LogP contribution in [-0.2, 0) is 4.74 Å². The molecule has 7 nitrogen and oxygen atoms in total. The quantitative estimate of drug-likeness (QED) is 0.787. The highest BCUT2D eigenvalue weighted by Crippen LogP contribution is 2.35. The Bertz CT molecular complexity index is 754. The Morgan fingerprint density at radius 1 is 1.38 bits per heavy atom. The average Bonchev–Trinajstić information content (AvgIpc) is 3.22. The highest BCUT2D eigenvalue weighted by Gasteiger charge is 2.29. The zero-order valence-corrected chi connectivity index (χ0v) is 12.0. The van der Waals surface area contributed by atoms with Crippen molar-refractivity contribution < 1.29 is 4.74 Å². The molecule has 1 aliphatic rings. The van der Waals surface area contributed by atoms with Gasteiger partial charge in [0, 0.05) is 24.5 Å². The highest BCUT2D eigenvalue weighted by atomic mass is 32.1. The second-order valence-electron chi connectivity index (χ2n) is 4.96. The van der Waals surface area contributed by atoms with Crippen molar-refractivity contribution in [3.8, 4) is 11.4 Å². The van der Waals surface area contributed by atoms with E-state index in [-0.39, 0.29) is 12.2 Å². The van der Waals surface area contributed by atoms with Crippen LogP contribution in [0.15, 0.2) is 24.5 Å². The van der Waals surface area contributed by atoms with E-state index in [2.05, 4.69) is 20.3 Å². The third-order valence-corrected chi connectivity index (χ3v) is 4.56. The molecule has 0 spiro atoms. The predicted octanol–water partition coefficient (Wildman–Crippen LogP) is 1.43. The Morgan fingerprint density at radius 2 is 2.33 bits per heavy atom. The molecule has 0 aliphatic carbocycles. The molecule has 0 amide bonds. The maximum Gasteiger partial charge on any atom is 0.235 e. The Labute approximate surface area is 124 Å². The monoisotopic (exact) mass is 302 g/mol. The summed E-state index contributed by atoms with van der Waals surface area (Å²) in [6, 6.07) is 3.81. The van der Waals surface area contributed by atoms with Crippen molar-refractivity contribution in [1.82, 2.24) is 24.8 Å². The van der Waals surface area contributed by atoms with Gasteiger partial charge in [0.2, 0.25) is 4.96 Å². The molecular formula is C13H14N6OS. The van der Waals surface area contributed by atoms with E-state index in [1.807, 2.05) is 12.1 Å². The molecule has 108 valence electrons. The van der Waals surface area contributed by atoms with Crippen LogP contribution in [0.4, 0.5) is 0 Å². The molecule has 1 fully saturated rings. The third-order valence-electron chi connectivity index (χ3n) is 3.57. The van der Waals surface area contributed by atoms with Crippen LogP contribution in [0.5, 0.6) is 0 Å². The molecule has 8 heteroatoms. The molecule has 3 aromatic rings. The summed E-state index contributed by atoms with van der Waals surface area (Å²) in [5, 5.41) is 13.9. The summed E-state index contributed by atoms with van der Waals surface area (Å²) in [4.78, 5) is 4.88. The van der Waals surface area contributed by atoms with Crippen molar-refractivity contribution >= 4 is 16.3 Å². The number of hydrogen-bond acceptors (Lipinski definition) is 7. The number of rotatable bonds is 3. The van der Waals surface area contributed by atoms with Crippen LogP contribution >= 0.6 is 11.3 Å². The minimum absolute atomic E-state index is 0.0204. The molecule has 1 saturated heterocycles. The zero-order chi connectivity index (χ0) is 14.2. The summed E-state index contributed by atoms with van der Waals surface area (Å²) in [7, 11) is 0. The van der Waals surface area contributed by atoms with E-state index in [0.29, 0.717) is 12.4 Å². The van der Waals surface area contributed by atoms with Gasteiger partial charge in [-0.15, -0.1) is 10.2 Å². The van der Waals surface area contributed by atoms with Crippen molar-refractivity contribution in [3.63, 3.8) is 0 Å². The Balaban J connectivity index is 1.70. The maximum absolute atomic E-state index is 5.89. The SMILES string of the molecule is NCC1CCC(c2nn3c(-c4cccnc4)nnc3s2)O1. The fourth-order valence-corrected chi connectivity index (χ4v) is 3.41. The Morgan fingerprint density at radius 3 is 3.10 bits per heavy atom. The van der Waals surface area contributed by atoms with Gasteiger partial charge in [0.15, 0.2) is 5.82 Å². The number of hydrogen-bond donors (Lipinski definition) is 1. The number of ether oxygens (including phenoxy) is 1. The van der Waals surface area contributed by atoms with Gasteiger partial charge in [0.25, 0.3) is 0 Å².